The van der Waals surface area contributed by atoms with Gasteiger partial charge in [0.1, 0.15) is 0 Å². The van der Waals surface area contributed by atoms with E-state index in [1.807, 2.05) is 12.1 Å². The Hall–Kier alpha value is -9.97. The van der Waals surface area contributed by atoms with Crippen molar-refractivity contribution in [1.29, 1.82) is 0 Å². The van der Waals surface area contributed by atoms with Crippen LogP contribution in [-0.4, -0.2) is 24.1 Å². The molecule has 11 aromatic carbocycles. The molecule has 0 aliphatic heterocycles. The van der Waals surface area contributed by atoms with Crippen LogP contribution in [0.1, 0.15) is 25.0 Å². The Morgan fingerprint density at radius 2 is 0.688 bits per heavy atom. The molecule has 0 fully saturated rings. The topological polar surface area (TPSA) is 48.5 Å². The summed E-state index contributed by atoms with van der Waals surface area (Å²) in [6.07, 6.45) is 0. The first-order valence-electron chi connectivity index (χ1n) is 26.4. The fraction of sp³-hybridized carbons (Fsp3) is 0.0417. The highest BCUT2D eigenvalue weighted by Gasteiger charge is 2.36. The molecular formula is C72H49N5. The van der Waals surface area contributed by atoms with Crippen LogP contribution in [0.5, 0.6) is 0 Å². The molecule has 0 saturated carbocycles. The Kier molecular flexibility index (Phi) is 10.2. The lowest BCUT2D eigenvalue weighted by Gasteiger charge is -2.21. The van der Waals surface area contributed by atoms with Gasteiger partial charge >= 0.3 is 0 Å². The van der Waals surface area contributed by atoms with Crippen molar-refractivity contribution in [3.63, 3.8) is 0 Å². The Bertz CT molecular complexity index is 4540. The van der Waals surface area contributed by atoms with Gasteiger partial charge in [0.25, 0.3) is 0 Å². The Labute approximate surface area is 446 Å². The van der Waals surface area contributed by atoms with Crippen molar-refractivity contribution in [2.45, 2.75) is 19.3 Å². The van der Waals surface area contributed by atoms with Crippen LogP contribution in [0.25, 0.3) is 134 Å². The largest absolute Gasteiger partial charge is 0.309 e. The summed E-state index contributed by atoms with van der Waals surface area (Å²) in [5, 5.41) is 4.87. The molecule has 3 heterocycles. The Morgan fingerprint density at radius 1 is 0.260 bits per heavy atom. The zero-order valence-corrected chi connectivity index (χ0v) is 42.6. The van der Waals surface area contributed by atoms with E-state index in [1.54, 1.807) is 0 Å². The fourth-order valence-corrected chi connectivity index (χ4v) is 12.2. The van der Waals surface area contributed by atoms with Crippen LogP contribution >= 0.6 is 0 Å². The van der Waals surface area contributed by atoms with Gasteiger partial charge in [-0.2, -0.15) is 0 Å². The quantitative estimate of drug-likeness (QED) is 0.152. The molecule has 0 saturated heterocycles. The normalized spacial score (nSPS) is 12.6. The van der Waals surface area contributed by atoms with Gasteiger partial charge in [-0.25, -0.2) is 15.0 Å². The van der Waals surface area contributed by atoms with E-state index in [-0.39, 0.29) is 5.41 Å². The van der Waals surface area contributed by atoms with E-state index in [1.165, 1.54) is 66.0 Å². The van der Waals surface area contributed by atoms with Gasteiger partial charge < -0.3 is 9.13 Å². The monoisotopic (exact) mass is 983 g/mol. The fourth-order valence-electron chi connectivity index (χ4n) is 12.2. The highest BCUT2D eigenvalue weighted by atomic mass is 15.0. The summed E-state index contributed by atoms with van der Waals surface area (Å²) in [7, 11) is 0. The predicted molar refractivity (Wildman–Crippen MR) is 319 cm³/mol. The van der Waals surface area contributed by atoms with Gasteiger partial charge in [0.05, 0.1) is 22.1 Å². The molecule has 0 radical (unpaired) electrons. The molecule has 0 amide bonds. The Morgan fingerprint density at radius 3 is 1.31 bits per heavy atom. The van der Waals surface area contributed by atoms with E-state index >= 15 is 0 Å². The zero-order valence-electron chi connectivity index (χ0n) is 42.6. The maximum Gasteiger partial charge on any atom is 0.164 e. The molecule has 14 aromatic rings. The minimum atomic E-state index is -0.184. The second kappa shape index (κ2) is 17.6. The zero-order chi connectivity index (χ0) is 51.2. The minimum absolute atomic E-state index is 0.184. The maximum atomic E-state index is 5.32. The summed E-state index contributed by atoms with van der Waals surface area (Å²) >= 11 is 0. The van der Waals surface area contributed by atoms with Crippen molar-refractivity contribution in [2.75, 3.05) is 0 Å². The summed E-state index contributed by atoms with van der Waals surface area (Å²) in [6.45, 7) is 4.72. The molecule has 0 atom stereocenters. The first-order valence-corrected chi connectivity index (χ1v) is 26.4. The third-order valence-corrected chi connectivity index (χ3v) is 15.9. The van der Waals surface area contributed by atoms with Crippen LogP contribution in [0.15, 0.2) is 261 Å². The SMILES string of the molecule is CC1(C)c2ccccc2-c2cc3c4cc(-c5ccc6c(c5)c5ccccc5n6-c5ccccc5)ccc4n(-c4cccc(-c5nc(-c6cccc(-c7ccccc7)c6)nc(-c6cccc(-c7ccccc7)c6)n5)c4)c3cc21. The molecule has 5 heteroatoms. The minimum Gasteiger partial charge on any atom is -0.309 e. The molecule has 1 aliphatic carbocycles. The van der Waals surface area contributed by atoms with Crippen molar-refractivity contribution in [3.05, 3.63) is 272 Å². The lowest BCUT2D eigenvalue weighted by molar-refractivity contribution is 0.661. The molecule has 77 heavy (non-hydrogen) atoms. The molecule has 0 bridgehead atoms. The number of benzene rings is 11. The lowest BCUT2D eigenvalue weighted by atomic mass is 9.82. The molecule has 5 nitrogen and oxygen atoms in total. The van der Waals surface area contributed by atoms with Crippen LogP contribution in [0, 0.1) is 0 Å². The Balaban J connectivity index is 0.916. The number of fused-ring (bicyclic) bond motifs is 9. The standard InChI is InChI=1S/C72H49N5/c1-72(2)63-33-14-12-31-57(63)59-44-62-61-43-51(50-35-37-66-60(42-50)58-32-13-15-34-65(58)76(66)55-28-10-5-11-29-55)36-38-67(61)77(68(62)45-64(59)72)56-30-18-27-54(41-56)71-74-69(52-25-16-23-48(39-52)46-19-6-3-7-20-46)73-70(75-71)53-26-17-24-49(40-53)47-21-8-4-9-22-47/h3-45H,1-2H3. The average Bonchev–Trinajstić information content (AvgIpc) is 4.13. The van der Waals surface area contributed by atoms with Crippen molar-refractivity contribution in [1.82, 2.24) is 24.1 Å². The second-order valence-corrected chi connectivity index (χ2v) is 20.8. The van der Waals surface area contributed by atoms with Gasteiger partial charge in [-0.15, -0.1) is 0 Å². The molecule has 0 unspecified atom stereocenters. The first-order chi connectivity index (χ1) is 37.9. The van der Waals surface area contributed by atoms with E-state index in [2.05, 4.69) is 272 Å². The number of hydrogen-bond donors (Lipinski definition) is 0. The highest BCUT2D eigenvalue weighted by molar-refractivity contribution is 6.14. The first kappa shape index (κ1) is 44.5. The molecular weight excluding hydrogens is 935 g/mol. The van der Waals surface area contributed by atoms with Crippen molar-refractivity contribution in [2.24, 2.45) is 0 Å². The van der Waals surface area contributed by atoms with Crippen LogP contribution in [0.4, 0.5) is 0 Å². The maximum absolute atomic E-state index is 5.32. The summed E-state index contributed by atoms with van der Waals surface area (Å²) in [6, 6.07) is 93.9. The highest BCUT2D eigenvalue weighted by Crippen LogP contribution is 2.51. The van der Waals surface area contributed by atoms with Crippen molar-refractivity contribution < 1.29 is 0 Å². The summed E-state index contributed by atoms with van der Waals surface area (Å²) in [5.41, 5.74) is 21.5. The van der Waals surface area contributed by atoms with Gasteiger partial charge in [-0.05, 0) is 134 Å². The van der Waals surface area contributed by atoms with Crippen molar-refractivity contribution >= 4 is 43.6 Å². The molecule has 362 valence electrons. The molecule has 1 aliphatic rings. The third kappa shape index (κ3) is 7.34. The van der Waals surface area contributed by atoms with Gasteiger partial charge in [-0.3, -0.25) is 0 Å². The van der Waals surface area contributed by atoms with Gasteiger partial charge in [0.2, 0.25) is 0 Å². The van der Waals surface area contributed by atoms with E-state index < -0.39 is 0 Å². The number of nitrogens with zero attached hydrogens (tertiary/aromatic N) is 5. The van der Waals surface area contributed by atoms with E-state index in [4.69, 9.17) is 15.0 Å². The average molecular weight is 984 g/mol. The van der Waals surface area contributed by atoms with E-state index in [0.29, 0.717) is 17.5 Å². The lowest BCUT2D eigenvalue weighted by Crippen LogP contribution is -2.14. The van der Waals surface area contributed by atoms with Crippen LogP contribution in [0.3, 0.4) is 0 Å². The number of hydrogen-bond acceptors (Lipinski definition) is 3. The molecule has 15 rings (SSSR count). The van der Waals surface area contributed by atoms with Gasteiger partial charge in [0.15, 0.2) is 17.5 Å². The molecule has 0 spiro atoms. The van der Waals surface area contributed by atoms with Crippen LogP contribution < -0.4 is 0 Å². The number of aromatic nitrogens is 5. The molecule has 3 aromatic heterocycles. The van der Waals surface area contributed by atoms with Gasteiger partial charge in [0, 0.05) is 55.0 Å². The number of para-hydroxylation sites is 2. The van der Waals surface area contributed by atoms with Crippen LogP contribution in [-0.2, 0) is 5.41 Å². The molecule has 0 N–H and O–H groups in total. The summed E-state index contributed by atoms with van der Waals surface area (Å²) in [4.78, 5) is 15.9. The van der Waals surface area contributed by atoms with E-state index in [0.717, 1.165) is 61.4 Å². The predicted octanol–water partition coefficient (Wildman–Crippen LogP) is 18.4. The third-order valence-electron chi connectivity index (χ3n) is 15.9. The number of rotatable bonds is 8. The van der Waals surface area contributed by atoms with Crippen LogP contribution in [0.2, 0.25) is 0 Å². The van der Waals surface area contributed by atoms with Crippen molar-refractivity contribution in [3.8, 4) is 90.0 Å². The smallest absolute Gasteiger partial charge is 0.164 e. The van der Waals surface area contributed by atoms with E-state index in [9.17, 15) is 0 Å². The summed E-state index contributed by atoms with van der Waals surface area (Å²) < 4.78 is 4.83. The van der Waals surface area contributed by atoms with Gasteiger partial charge in [-0.1, -0.05) is 196 Å². The summed E-state index contributed by atoms with van der Waals surface area (Å²) in [5.74, 6) is 1.83. The second-order valence-electron chi connectivity index (χ2n) is 20.8.